The van der Waals surface area contributed by atoms with Gasteiger partial charge >= 0.3 is 6.18 Å². The van der Waals surface area contributed by atoms with Crippen molar-refractivity contribution in [2.24, 2.45) is 11.8 Å². The van der Waals surface area contributed by atoms with Gasteiger partial charge in [0.05, 0.1) is 11.1 Å². The van der Waals surface area contributed by atoms with Crippen molar-refractivity contribution in [3.05, 3.63) is 47.2 Å². The summed E-state index contributed by atoms with van der Waals surface area (Å²) in [6.45, 7) is 6.64. The first-order valence-electron chi connectivity index (χ1n) is 13.2. The lowest BCUT2D eigenvalue weighted by Crippen LogP contribution is -2.61. The van der Waals surface area contributed by atoms with E-state index in [0.717, 1.165) is 24.8 Å². The van der Waals surface area contributed by atoms with Crippen LogP contribution in [0.1, 0.15) is 83.8 Å². The van der Waals surface area contributed by atoms with Crippen molar-refractivity contribution in [2.45, 2.75) is 109 Å². The zero-order valence-electron chi connectivity index (χ0n) is 22.4. The molecule has 1 aromatic carbocycles. The molecule has 1 fully saturated rings. The number of hydrogen-bond acceptors (Lipinski definition) is 5. The van der Waals surface area contributed by atoms with Crippen LogP contribution in [0.15, 0.2) is 36.0 Å². The fraction of sp³-hybridized carbons (Fsp3) is 0.679. The molecule has 1 saturated carbocycles. The molecule has 0 amide bonds. The molecule has 214 valence electrons. The second kappa shape index (κ2) is 11.2. The first-order valence-corrected chi connectivity index (χ1v) is 13.2. The van der Waals surface area contributed by atoms with E-state index >= 15 is 0 Å². The third kappa shape index (κ3) is 6.57. The summed E-state index contributed by atoms with van der Waals surface area (Å²) in [4.78, 5) is 14.6. The molecule has 0 bridgehead atoms. The van der Waals surface area contributed by atoms with Gasteiger partial charge in [-0.05, 0) is 63.6 Å². The molecule has 10 heteroatoms. The highest BCUT2D eigenvalue weighted by Crippen LogP contribution is 2.51. The van der Waals surface area contributed by atoms with Gasteiger partial charge in [0, 0.05) is 42.5 Å². The maximum Gasteiger partial charge on any atom is 0.416 e. The molecule has 1 aliphatic carbocycles. The highest BCUT2D eigenvalue weighted by atomic mass is 19.4. The Morgan fingerprint density at radius 1 is 1.13 bits per heavy atom. The maximum absolute atomic E-state index is 13.2. The molecule has 2 aliphatic rings. The lowest BCUT2D eigenvalue weighted by atomic mass is 9.64. The second-order valence-electron chi connectivity index (χ2n) is 11.2. The molecule has 1 aromatic rings. The SMILES string of the molecule is CC[C@@H]1C=C(C2CC(CC)(N(Cc3ccc(C(F)(F)F)cc3)C(O)O)C2)N[C@@]1(C)C(=O)CCCC(C)(F)F. The molecule has 0 radical (unpaired) electrons. The lowest BCUT2D eigenvalue weighted by Gasteiger charge is -2.55. The van der Waals surface area contributed by atoms with Crippen molar-refractivity contribution in [1.82, 2.24) is 10.2 Å². The van der Waals surface area contributed by atoms with Gasteiger partial charge in [-0.15, -0.1) is 0 Å². The zero-order chi connectivity index (χ0) is 28.5. The molecule has 2 atom stereocenters. The van der Waals surface area contributed by atoms with Crippen molar-refractivity contribution >= 4 is 5.78 Å². The molecule has 3 N–H and O–H groups in total. The Hall–Kier alpha value is -2.04. The first kappa shape index (κ1) is 30.5. The molecule has 5 nitrogen and oxygen atoms in total. The van der Waals surface area contributed by atoms with Crippen LogP contribution in [0.4, 0.5) is 22.0 Å². The van der Waals surface area contributed by atoms with E-state index < -0.39 is 35.2 Å². The van der Waals surface area contributed by atoms with Crippen LogP contribution >= 0.6 is 0 Å². The van der Waals surface area contributed by atoms with Crippen LogP contribution in [-0.2, 0) is 17.5 Å². The summed E-state index contributed by atoms with van der Waals surface area (Å²) in [5.41, 5.74) is -0.797. The van der Waals surface area contributed by atoms with Crippen LogP contribution in [0.3, 0.4) is 0 Å². The Balaban J connectivity index is 1.69. The van der Waals surface area contributed by atoms with E-state index in [9.17, 15) is 37.0 Å². The van der Waals surface area contributed by atoms with E-state index in [2.05, 4.69) is 5.32 Å². The minimum absolute atomic E-state index is 0.0347. The van der Waals surface area contributed by atoms with E-state index in [0.29, 0.717) is 31.2 Å². The average Bonchev–Trinajstić information content (AvgIpc) is 3.14. The predicted octanol–water partition coefficient (Wildman–Crippen LogP) is 6.00. The van der Waals surface area contributed by atoms with Gasteiger partial charge in [0.15, 0.2) is 5.78 Å². The normalized spacial score (nSPS) is 27.9. The topological polar surface area (TPSA) is 72.8 Å². The van der Waals surface area contributed by atoms with Gasteiger partial charge in [0.2, 0.25) is 12.3 Å². The molecule has 3 rings (SSSR count). The Morgan fingerprint density at radius 2 is 1.74 bits per heavy atom. The van der Waals surface area contributed by atoms with Crippen LogP contribution in [0, 0.1) is 11.8 Å². The van der Waals surface area contributed by atoms with E-state index in [1.54, 1.807) is 0 Å². The van der Waals surface area contributed by atoms with Gasteiger partial charge in [0.25, 0.3) is 0 Å². The standard InChI is InChI=1S/C28H39F5N2O3/c1-5-20-14-22(34-26(20,4)23(36)8-7-13-25(3,29)30)19-15-27(6-2,16-19)35(24(37)38)17-18-9-11-21(12-10-18)28(31,32)33/h9-12,14,19-20,24,34,37-38H,5-8,13,15-17H2,1-4H3/t19?,20-,26-,27?/m1/s1. The number of aliphatic hydroxyl groups excluding tert-OH is 1. The van der Waals surface area contributed by atoms with E-state index in [1.165, 1.54) is 17.0 Å². The molecule has 0 aromatic heterocycles. The number of hydrogen-bond donors (Lipinski definition) is 3. The summed E-state index contributed by atoms with van der Waals surface area (Å²) in [7, 11) is 0. The summed E-state index contributed by atoms with van der Waals surface area (Å²) in [6.07, 6.45) is -1.93. The molecular weight excluding hydrogens is 507 g/mol. The second-order valence-corrected chi connectivity index (χ2v) is 11.2. The number of allylic oxidation sites excluding steroid dienone is 1. The van der Waals surface area contributed by atoms with E-state index in [4.69, 9.17) is 0 Å². The maximum atomic E-state index is 13.2. The molecule has 0 unspecified atom stereocenters. The molecule has 1 aliphatic heterocycles. The zero-order valence-corrected chi connectivity index (χ0v) is 22.4. The summed E-state index contributed by atoms with van der Waals surface area (Å²) >= 11 is 0. The highest BCUT2D eigenvalue weighted by molar-refractivity contribution is 5.89. The number of alkyl halides is 5. The number of nitrogens with zero attached hydrogens (tertiary/aromatic N) is 1. The van der Waals surface area contributed by atoms with E-state index in [1.807, 2.05) is 26.8 Å². The van der Waals surface area contributed by atoms with Crippen molar-refractivity contribution in [2.75, 3.05) is 0 Å². The number of halogens is 5. The number of carbonyl (C=O) groups is 1. The molecular formula is C28H39F5N2O3. The van der Waals surface area contributed by atoms with Crippen LogP contribution in [0.2, 0.25) is 0 Å². The molecule has 1 heterocycles. The number of Topliss-reactive ketones (excluding diaryl/α,β-unsaturated/α-hetero) is 1. The quantitative estimate of drug-likeness (QED) is 0.222. The van der Waals surface area contributed by atoms with Crippen molar-refractivity contribution in [1.29, 1.82) is 0 Å². The van der Waals surface area contributed by atoms with Crippen molar-refractivity contribution in [3.63, 3.8) is 0 Å². The van der Waals surface area contributed by atoms with Crippen molar-refractivity contribution in [3.8, 4) is 0 Å². The summed E-state index contributed by atoms with van der Waals surface area (Å²) in [5, 5.41) is 23.8. The van der Waals surface area contributed by atoms with Crippen LogP contribution in [0.5, 0.6) is 0 Å². The fourth-order valence-electron chi connectivity index (χ4n) is 5.97. The molecule has 38 heavy (non-hydrogen) atoms. The first-order chi connectivity index (χ1) is 17.5. The number of nitrogens with one attached hydrogen (secondary N) is 1. The minimum atomic E-state index is -4.45. The van der Waals surface area contributed by atoms with E-state index in [-0.39, 0.29) is 43.4 Å². The van der Waals surface area contributed by atoms with Gasteiger partial charge in [-0.3, -0.25) is 4.79 Å². The predicted molar refractivity (Wildman–Crippen MR) is 134 cm³/mol. The smallest absolute Gasteiger partial charge is 0.376 e. The fourth-order valence-corrected chi connectivity index (χ4v) is 5.97. The van der Waals surface area contributed by atoms with Crippen molar-refractivity contribution < 1.29 is 37.0 Å². The average molecular weight is 547 g/mol. The monoisotopic (exact) mass is 546 g/mol. The molecule has 0 spiro atoms. The Bertz CT molecular complexity index is 997. The van der Waals surface area contributed by atoms with Gasteiger partial charge < -0.3 is 15.5 Å². The Kier molecular flexibility index (Phi) is 9.00. The summed E-state index contributed by atoms with van der Waals surface area (Å²) < 4.78 is 65.2. The Labute approximate surface area is 221 Å². The number of aliphatic hydroxyl groups is 2. The van der Waals surface area contributed by atoms with Crippen LogP contribution in [0.25, 0.3) is 0 Å². The number of carbonyl (C=O) groups excluding carboxylic acids is 1. The third-order valence-corrected chi connectivity index (χ3v) is 8.44. The summed E-state index contributed by atoms with van der Waals surface area (Å²) in [6, 6.07) is 4.65. The molecule has 0 saturated heterocycles. The summed E-state index contributed by atoms with van der Waals surface area (Å²) in [5.74, 6) is -2.96. The van der Waals surface area contributed by atoms with Crippen LogP contribution in [-0.4, -0.2) is 44.3 Å². The minimum Gasteiger partial charge on any atom is -0.376 e. The number of ketones is 1. The lowest BCUT2D eigenvalue weighted by molar-refractivity contribution is -0.221. The van der Waals surface area contributed by atoms with Gasteiger partial charge in [-0.25, -0.2) is 13.7 Å². The number of rotatable bonds is 12. The Morgan fingerprint density at radius 3 is 2.21 bits per heavy atom. The third-order valence-electron chi connectivity index (χ3n) is 8.44. The highest BCUT2D eigenvalue weighted by Gasteiger charge is 2.53. The largest absolute Gasteiger partial charge is 0.416 e. The van der Waals surface area contributed by atoms with Gasteiger partial charge in [-0.2, -0.15) is 13.2 Å². The van der Waals surface area contributed by atoms with Gasteiger partial charge in [0.1, 0.15) is 0 Å². The van der Waals surface area contributed by atoms with Gasteiger partial charge in [-0.1, -0.05) is 32.1 Å². The van der Waals surface area contributed by atoms with Crippen LogP contribution < -0.4 is 5.32 Å². The number of benzene rings is 1.